The lowest BCUT2D eigenvalue weighted by molar-refractivity contribution is 0.0939. The largest absolute Gasteiger partial charge is 0.345 e. The van der Waals surface area contributed by atoms with E-state index < -0.39 is 9.84 Å². The van der Waals surface area contributed by atoms with Crippen molar-refractivity contribution in [3.05, 3.63) is 77.4 Å². The van der Waals surface area contributed by atoms with Crippen LogP contribution >= 0.6 is 0 Å². The Balaban J connectivity index is 1.98. The number of hydrogen-bond acceptors (Lipinski definition) is 5. The molecule has 1 atom stereocenters. The van der Waals surface area contributed by atoms with Gasteiger partial charge >= 0.3 is 0 Å². The van der Waals surface area contributed by atoms with E-state index in [2.05, 4.69) is 15.3 Å². The van der Waals surface area contributed by atoms with E-state index in [1.54, 1.807) is 38.4 Å². The molecular weight excluding hydrogens is 398 g/mol. The molecule has 1 amide bonds. The van der Waals surface area contributed by atoms with Crippen LogP contribution in [0.25, 0.3) is 11.1 Å². The number of aromatic nitrogens is 2. The van der Waals surface area contributed by atoms with Gasteiger partial charge in [0.2, 0.25) is 0 Å². The van der Waals surface area contributed by atoms with E-state index in [1.165, 1.54) is 6.07 Å². The Bertz CT molecular complexity index is 1160. The van der Waals surface area contributed by atoms with Crippen molar-refractivity contribution in [1.82, 2.24) is 15.3 Å². The third kappa shape index (κ3) is 4.91. The van der Waals surface area contributed by atoms with E-state index in [0.717, 1.165) is 16.7 Å². The van der Waals surface area contributed by atoms with E-state index >= 15 is 0 Å². The summed E-state index contributed by atoms with van der Waals surface area (Å²) >= 11 is 0. The maximum absolute atomic E-state index is 13.0. The summed E-state index contributed by atoms with van der Waals surface area (Å²) in [5.41, 5.74) is 3.69. The molecule has 0 radical (unpaired) electrons. The Morgan fingerprint density at radius 1 is 1.00 bits per heavy atom. The molecule has 1 heterocycles. The number of carbonyl (C=O) groups is 1. The van der Waals surface area contributed by atoms with Crippen LogP contribution in [0.1, 0.15) is 47.2 Å². The summed E-state index contributed by atoms with van der Waals surface area (Å²) in [5.74, 6) is 0.254. The molecule has 0 bridgehead atoms. The van der Waals surface area contributed by atoms with Crippen LogP contribution in [0, 0.1) is 13.8 Å². The van der Waals surface area contributed by atoms with Crippen molar-refractivity contribution in [2.75, 3.05) is 5.75 Å². The van der Waals surface area contributed by atoms with Crippen molar-refractivity contribution in [2.45, 2.75) is 38.6 Å². The zero-order valence-corrected chi connectivity index (χ0v) is 18.3. The monoisotopic (exact) mass is 423 g/mol. The van der Waals surface area contributed by atoms with Gasteiger partial charge in [-0.15, -0.1) is 0 Å². The van der Waals surface area contributed by atoms with Crippen molar-refractivity contribution in [3.63, 3.8) is 0 Å². The number of amides is 1. The molecule has 0 aliphatic rings. The van der Waals surface area contributed by atoms with Crippen molar-refractivity contribution >= 4 is 15.7 Å². The SMILES string of the molecule is CCS(=O)(=O)c1cc(C(=O)N[C@H](C)c2cnc(C)nc2)cc(-c2ccc(C)cc2)c1. The van der Waals surface area contributed by atoms with Gasteiger partial charge in [-0.2, -0.15) is 0 Å². The van der Waals surface area contributed by atoms with Crippen molar-refractivity contribution in [3.8, 4) is 11.1 Å². The van der Waals surface area contributed by atoms with Crippen LogP contribution in [-0.2, 0) is 9.84 Å². The van der Waals surface area contributed by atoms with Gasteiger partial charge in [0.1, 0.15) is 5.82 Å². The molecule has 1 N–H and O–H groups in total. The smallest absolute Gasteiger partial charge is 0.251 e. The van der Waals surface area contributed by atoms with Crippen LogP contribution in [0.3, 0.4) is 0 Å². The fourth-order valence-corrected chi connectivity index (χ4v) is 3.92. The zero-order chi connectivity index (χ0) is 21.9. The highest BCUT2D eigenvalue weighted by atomic mass is 32.2. The Hall–Kier alpha value is -3.06. The lowest BCUT2D eigenvalue weighted by atomic mass is 10.0. The summed E-state index contributed by atoms with van der Waals surface area (Å²) in [6, 6.07) is 12.2. The first-order chi connectivity index (χ1) is 14.2. The molecule has 0 fully saturated rings. The van der Waals surface area contributed by atoms with E-state index in [9.17, 15) is 13.2 Å². The highest BCUT2D eigenvalue weighted by Gasteiger charge is 2.19. The predicted octanol–water partition coefficient (Wildman–Crippen LogP) is 4.05. The van der Waals surface area contributed by atoms with Gasteiger partial charge in [-0.1, -0.05) is 36.8 Å². The maximum Gasteiger partial charge on any atom is 0.251 e. The normalized spacial score (nSPS) is 12.4. The number of nitrogens with one attached hydrogen (secondary N) is 1. The fraction of sp³-hybridized carbons (Fsp3) is 0.261. The Kier molecular flexibility index (Phi) is 6.31. The first-order valence-corrected chi connectivity index (χ1v) is 11.4. The van der Waals surface area contributed by atoms with Gasteiger partial charge in [-0.05, 0) is 50.1 Å². The third-order valence-electron chi connectivity index (χ3n) is 4.94. The van der Waals surface area contributed by atoms with Gasteiger partial charge in [0.05, 0.1) is 16.7 Å². The van der Waals surface area contributed by atoms with Crippen molar-refractivity contribution < 1.29 is 13.2 Å². The van der Waals surface area contributed by atoms with Gasteiger partial charge in [-0.3, -0.25) is 4.79 Å². The molecular formula is C23H25N3O3S. The van der Waals surface area contributed by atoms with E-state index in [0.29, 0.717) is 17.0 Å². The van der Waals surface area contributed by atoms with Crippen LogP contribution in [-0.4, -0.2) is 30.0 Å². The Morgan fingerprint density at radius 2 is 1.63 bits per heavy atom. The van der Waals surface area contributed by atoms with Crippen LogP contribution in [0.15, 0.2) is 59.8 Å². The van der Waals surface area contributed by atoms with Crippen molar-refractivity contribution in [2.24, 2.45) is 0 Å². The highest BCUT2D eigenvalue weighted by Crippen LogP contribution is 2.26. The van der Waals surface area contributed by atoms with E-state index in [1.807, 2.05) is 38.1 Å². The molecule has 0 saturated heterocycles. The van der Waals surface area contributed by atoms with Gasteiger partial charge in [-0.25, -0.2) is 18.4 Å². The first-order valence-electron chi connectivity index (χ1n) is 9.74. The predicted molar refractivity (Wildman–Crippen MR) is 117 cm³/mol. The number of aryl methyl sites for hydroxylation is 2. The number of carbonyl (C=O) groups excluding carboxylic acids is 1. The number of benzene rings is 2. The minimum absolute atomic E-state index is 0.0392. The number of sulfone groups is 1. The lowest BCUT2D eigenvalue weighted by Gasteiger charge is -2.15. The van der Waals surface area contributed by atoms with Crippen LogP contribution < -0.4 is 5.32 Å². The molecule has 3 rings (SSSR count). The van der Waals surface area contributed by atoms with Gasteiger partial charge in [0.25, 0.3) is 5.91 Å². The second kappa shape index (κ2) is 8.75. The Morgan fingerprint density at radius 3 is 2.23 bits per heavy atom. The lowest BCUT2D eigenvalue weighted by Crippen LogP contribution is -2.27. The third-order valence-corrected chi connectivity index (χ3v) is 6.66. The molecule has 0 aliphatic carbocycles. The maximum atomic E-state index is 13.0. The number of hydrogen-bond donors (Lipinski definition) is 1. The quantitative estimate of drug-likeness (QED) is 0.646. The molecule has 30 heavy (non-hydrogen) atoms. The molecule has 3 aromatic rings. The van der Waals surface area contributed by atoms with Crippen LogP contribution in [0.2, 0.25) is 0 Å². The summed E-state index contributed by atoms with van der Waals surface area (Å²) in [6.45, 7) is 7.20. The second-order valence-corrected chi connectivity index (χ2v) is 9.55. The number of nitrogens with zero attached hydrogens (tertiary/aromatic N) is 2. The first kappa shape index (κ1) is 21.6. The number of rotatable bonds is 6. The van der Waals surface area contributed by atoms with E-state index in [4.69, 9.17) is 0 Å². The zero-order valence-electron chi connectivity index (χ0n) is 17.5. The van der Waals surface area contributed by atoms with Gasteiger partial charge in [0, 0.05) is 23.5 Å². The molecule has 1 aromatic heterocycles. The molecule has 6 nitrogen and oxygen atoms in total. The molecule has 2 aromatic carbocycles. The minimum Gasteiger partial charge on any atom is -0.345 e. The molecule has 156 valence electrons. The highest BCUT2D eigenvalue weighted by molar-refractivity contribution is 7.91. The average molecular weight is 424 g/mol. The summed E-state index contributed by atoms with van der Waals surface area (Å²) < 4.78 is 25.1. The average Bonchev–Trinajstić information content (AvgIpc) is 2.74. The summed E-state index contributed by atoms with van der Waals surface area (Å²) in [4.78, 5) is 21.4. The Labute approximate surface area is 177 Å². The topological polar surface area (TPSA) is 89.0 Å². The molecule has 0 spiro atoms. The summed E-state index contributed by atoms with van der Waals surface area (Å²) in [6.07, 6.45) is 3.34. The molecule has 7 heteroatoms. The van der Waals surface area contributed by atoms with Crippen LogP contribution in [0.4, 0.5) is 0 Å². The van der Waals surface area contributed by atoms with Gasteiger partial charge in [0.15, 0.2) is 9.84 Å². The van der Waals surface area contributed by atoms with Crippen LogP contribution in [0.5, 0.6) is 0 Å². The summed E-state index contributed by atoms with van der Waals surface area (Å²) in [5, 5.41) is 2.90. The standard InChI is InChI=1S/C23H25N3O3S/c1-5-30(28,29)22-11-19(18-8-6-15(2)7-9-18)10-20(12-22)23(27)26-16(3)21-13-24-17(4)25-14-21/h6-14,16H,5H2,1-4H3,(H,26,27)/t16-/m1/s1. The molecule has 0 saturated carbocycles. The second-order valence-electron chi connectivity index (χ2n) is 7.27. The minimum atomic E-state index is -3.48. The fourth-order valence-electron chi connectivity index (χ4n) is 2.98. The summed E-state index contributed by atoms with van der Waals surface area (Å²) in [7, 11) is -3.48. The molecule has 0 aliphatic heterocycles. The van der Waals surface area contributed by atoms with Crippen molar-refractivity contribution in [1.29, 1.82) is 0 Å². The van der Waals surface area contributed by atoms with Gasteiger partial charge < -0.3 is 5.32 Å². The molecule has 0 unspecified atom stereocenters. The van der Waals surface area contributed by atoms with E-state index in [-0.39, 0.29) is 22.6 Å².